The number of methoxy groups -OCH3 is 1. The normalized spacial score (nSPS) is 13.6. The Kier molecular flexibility index (Phi) is 11.9. The average molecular weight is 477 g/mol. The van der Waals surface area contributed by atoms with Crippen molar-refractivity contribution in [2.24, 2.45) is 0 Å². The van der Waals surface area contributed by atoms with Crippen LogP contribution in [0.5, 0.6) is 17.2 Å². The van der Waals surface area contributed by atoms with Crippen molar-refractivity contribution >= 4 is 24.0 Å². The lowest BCUT2D eigenvalue weighted by Gasteiger charge is -2.30. The minimum absolute atomic E-state index is 0. The fourth-order valence-electron chi connectivity index (χ4n) is 3.79. The molecule has 6 nitrogen and oxygen atoms in total. The molecule has 7 heteroatoms. The van der Waals surface area contributed by atoms with Gasteiger partial charge in [0.15, 0.2) is 6.61 Å². The van der Waals surface area contributed by atoms with E-state index >= 15 is 0 Å². The van der Waals surface area contributed by atoms with E-state index < -0.39 is 0 Å². The van der Waals surface area contributed by atoms with Gasteiger partial charge in [0.1, 0.15) is 17.2 Å². The number of carbonyl (C=O) groups excluding carboxylic acids is 1. The van der Waals surface area contributed by atoms with Crippen molar-refractivity contribution < 1.29 is 19.0 Å². The zero-order chi connectivity index (χ0) is 22.6. The highest BCUT2D eigenvalue weighted by molar-refractivity contribution is 5.94. The number of halogens is 1. The molecule has 182 valence electrons. The second-order valence-corrected chi connectivity index (χ2v) is 8.11. The number of rotatable bonds is 12. The van der Waals surface area contributed by atoms with Gasteiger partial charge >= 0.3 is 0 Å². The number of nitrogens with zero attached hydrogens (tertiary/aromatic N) is 2. The molecule has 3 rings (SSSR count). The van der Waals surface area contributed by atoms with Gasteiger partial charge in [0.05, 0.1) is 13.7 Å². The van der Waals surface area contributed by atoms with E-state index in [1.807, 2.05) is 48.5 Å². The maximum absolute atomic E-state index is 13.1. The Morgan fingerprint density at radius 3 is 2.33 bits per heavy atom. The first-order valence-electron chi connectivity index (χ1n) is 11.7. The Balaban J connectivity index is 0.00000385. The van der Waals surface area contributed by atoms with Crippen LogP contribution in [0.1, 0.15) is 39.0 Å². The van der Waals surface area contributed by atoms with Gasteiger partial charge in [-0.05, 0) is 68.8 Å². The molecule has 0 atom stereocenters. The summed E-state index contributed by atoms with van der Waals surface area (Å²) in [6, 6.07) is 15.1. The number of likely N-dealkylation sites (tertiary alicyclic amines) is 1. The first-order valence-corrected chi connectivity index (χ1v) is 11.7. The van der Waals surface area contributed by atoms with Crippen LogP contribution in [0.25, 0.3) is 0 Å². The molecule has 1 fully saturated rings. The van der Waals surface area contributed by atoms with Gasteiger partial charge < -0.3 is 24.0 Å². The third-order valence-electron chi connectivity index (χ3n) is 5.71. The molecule has 1 aliphatic heterocycles. The van der Waals surface area contributed by atoms with Crippen molar-refractivity contribution in [3.8, 4) is 17.2 Å². The van der Waals surface area contributed by atoms with Crippen LogP contribution in [-0.4, -0.2) is 57.3 Å². The number of ether oxygens (including phenoxy) is 3. The molecule has 1 aliphatic rings. The van der Waals surface area contributed by atoms with E-state index in [0.29, 0.717) is 18.9 Å². The minimum atomic E-state index is -0.0708. The van der Waals surface area contributed by atoms with Gasteiger partial charge in [-0.2, -0.15) is 0 Å². The van der Waals surface area contributed by atoms with Gasteiger partial charge in [-0.15, -0.1) is 12.4 Å². The number of benzene rings is 2. The van der Waals surface area contributed by atoms with Crippen LogP contribution in [0, 0.1) is 0 Å². The maximum Gasteiger partial charge on any atom is 0.264 e. The summed E-state index contributed by atoms with van der Waals surface area (Å²) >= 11 is 0. The zero-order valence-corrected chi connectivity index (χ0v) is 20.6. The van der Waals surface area contributed by atoms with Crippen LogP contribution in [0.15, 0.2) is 48.5 Å². The monoisotopic (exact) mass is 476 g/mol. The fraction of sp³-hybridized carbons (Fsp3) is 0.500. The highest BCUT2D eigenvalue weighted by Gasteiger charge is 2.19. The fourth-order valence-corrected chi connectivity index (χ4v) is 3.79. The minimum Gasteiger partial charge on any atom is -0.497 e. The van der Waals surface area contributed by atoms with Crippen LogP contribution in [0.4, 0.5) is 5.69 Å². The summed E-state index contributed by atoms with van der Waals surface area (Å²) in [5.41, 5.74) is 0.828. The van der Waals surface area contributed by atoms with E-state index in [1.165, 1.54) is 19.3 Å². The summed E-state index contributed by atoms with van der Waals surface area (Å²) in [7, 11) is 1.64. The van der Waals surface area contributed by atoms with Crippen LogP contribution in [-0.2, 0) is 4.79 Å². The number of hydrogen-bond donors (Lipinski definition) is 0. The van der Waals surface area contributed by atoms with Crippen LogP contribution in [0.3, 0.4) is 0 Å². The maximum atomic E-state index is 13.1. The van der Waals surface area contributed by atoms with Crippen molar-refractivity contribution in [2.45, 2.75) is 39.0 Å². The van der Waals surface area contributed by atoms with E-state index in [0.717, 1.165) is 49.7 Å². The summed E-state index contributed by atoms with van der Waals surface area (Å²) in [5, 5.41) is 0. The quantitative estimate of drug-likeness (QED) is 0.394. The molecular weight excluding hydrogens is 440 g/mol. The standard InChI is InChI=1S/C26H36N2O4.ClH/c1-3-4-19-31-23-11-13-24(14-12-23)32-21-26(29)28(18-17-27-15-6-5-7-16-27)22-9-8-10-25(20-22)30-2;/h8-14,20H,3-7,15-19,21H2,1-2H3;1H. The molecule has 0 N–H and O–H groups in total. The lowest BCUT2D eigenvalue weighted by molar-refractivity contribution is -0.120. The van der Waals surface area contributed by atoms with Gasteiger partial charge in [0.25, 0.3) is 5.91 Å². The number of amides is 1. The van der Waals surface area contributed by atoms with Crippen molar-refractivity contribution in [3.63, 3.8) is 0 Å². The SMILES string of the molecule is CCCCOc1ccc(OCC(=O)N(CCN2CCCCC2)c2cccc(OC)c2)cc1.Cl. The topological polar surface area (TPSA) is 51.2 Å². The van der Waals surface area contributed by atoms with Crippen molar-refractivity contribution in [3.05, 3.63) is 48.5 Å². The second-order valence-electron chi connectivity index (χ2n) is 8.11. The summed E-state index contributed by atoms with van der Waals surface area (Å²) in [4.78, 5) is 17.4. The molecule has 2 aromatic rings. The van der Waals surface area contributed by atoms with Crippen molar-refractivity contribution in [2.75, 3.05) is 51.4 Å². The van der Waals surface area contributed by atoms with Gasteiger partial charge in [-0.25, -0.2) is 0 Å². The molecule has 0 aliphatic carbocycles. The molecule has 2 aromatic carbocycles. The summed E-state index contributed by atoms with van der Waals surface area (Å²) in [5.74, 6) is 2.14. The summed E-state index contributed by atoms with van der Waals surface area (Å²) in [6.07, 6.45) is 5.89. The van der Waals surface area contributed by atoms with Gasteiger partial charge in [-0.1, -0.05) is 25.8 Å². The van der Waals surface area contributed by atoms with Gasteiger partial charge in [0.2, 0.25) is 0 Å². The second kappa shape index (κ2) is 14.7. The molecule has 1 saturated heterocycles. The molecule has 0 radical (unpaired) electrons. The first-order chi connectivity index (χ1) is 15.7. The van der Waals surface area contributed by atoms with Crippen LogP contribution in [0.2, 0.25) is 0 Å². The number of hydrogen-bond acceptors (Lipinski definition) is 5. The van der Waals surface area contributed by atoms with E-state index in [9.17, 15) is 4.79 Å². The summed E-state index contributed by atoms with van der Waals surface area (Å²) in [6.45, 7) is 6.51. The highest BCUT2D eigenvalue weighted by Crippen LogP contribution is 2.22. The van der Waals surface area contributed by atoms with E-state index in [4.69, 9.17) is 14.2 Å². The predicted octanol–water partition coefficient (Wildman–Crippen LogP) is 5.19. The molecule has 1 amide bonds. The molecular formula is C26H37ClN2O4. The molecule has 1 heterocycles. The summed E-state index contributed by atoms with van der Waals surface area (Å²) < 4.78 is 16.9. The van der Waals surface area contributed by atoms with Gasteiger partial charge in [0, 0.05) is 24.8 Å². The average Bonchev–Trinajstić information content (AvgIpc) is 2.84. The number of piperidine rings is 1. The molecule has 33 heavy (non-hydrogen) atoms. The third kappa shape index (κ3) is 8.78. The Labute approximate surface area is 204 Å². The molecule has 0 spiro atoms. The molecule has 0 aromatic heterocycles. The van der Waals surface area contributed by atoms with Crippen LogP contribution < -0.4 is 19.1 Å². The largest absolute Gasteiger partial charge is 0.497 e. The lowest BCUT2D eigenvalue weighted by Crippen LogP contribution is -2.42. The van der Waals surface area contributed by atoms with Crippen molar-refractivity contribution in [1.82, 2.24) is 4.90 Å². The van der Waals surface area contributed by atoms with E-state index in [2.05, 4.69) is 11.8 Å². The van der Waals surface area contributed by atoms with Crippen molar-refractivity contribution in [1.29, 1.82) is 0 Å². The highest BCUT2D eigenvalue weighted by atomic mass is 35.5. The molecule has 0 saturated carbocycles. The lowest BCUT2D eigenvalue weighted by atomic mass is 10.1. The Hall–Kier alpha value is -2.44. The van der Waals surface area contributed by atoms with Crippen LogP contribution >= 0.6 is 12.4 Å². The third-order valence-corrected chi connectivity index (χ3v) is 5.71. The number of anilines is 1. The Morgan fingerprint density at radius 2 is 1.67 bits per heavy atom. The zero-order valence-electron chi connectivity index (χ0n) is 19.8. The first kappa shape index (κ1) is 26.8. The molecule has 0 bridgehead atoms. The number of carbonyl (C=O) groups is 1. The molecule has 0 unspecified atom stereocenters. The van der Waals surface area contributed by atoms with E-state index in [-0.39, 0.29) is 24.9 Å². The predicted molar refractivity (Wildman–Crippen MR) is 135 cm³/mol. The Bertz CT molecular complexity index is 825. The number of unbranched alkanes of at least 4 members (excludes halogenated alkanes) is 1. The van der Waals surface area contributed by atoms with E-state index in [1.54, 1.807) is 12.0 Å². The van der Waals surface area contributed by atoms with Gasteiger partial charge in [-0.3, -0.25) is 4.79 Å². The Morgan fingerprint density at radius 1 is 0.970 bits per heavy atom. The smallest absolute Gasteiger partial charge is 0.264 e.